The molecule has 11 heteroatoms. The third-order valence-electron chi connectivity index (χ3n) is 6.38. The van der Waals surface area contributed by atoms with Gasteiger partial charge in [0.2, 0.25) is 21.8 Å². The molecule has 0 saturated heterocycles. The standard InChI is InChI=1S/C29H32Cl2FN3O4S/c1-4-20(2)33-29(37)27(16-21-9-6-5-7-10-21)34(18-22-13-14-25(30)26(31)15-22)28(36)19-35(40(3,38)39)24-12-8-11-23(32)17-24/h5-15,17,20,27H,4,16,18-19H2,1-3H3,(H,33,37)/t20-,27+/m0/s1. The van der Waals surface area contributed by atoms with Gasteiger partial charge in [-0.15, -0.1) is 0 Å². The number of halogens is 3. The van der Waals surface area contributed by atoms with Gasteiger partial charge < -0.3 is 10.2 Å². The Balaban J connectivity index is 2.08. The average molecular weight is 609 g/mol. The van der Waals surface area contributed by atoms with E-state index in [0.717, 1.165) is 22.2 Å². The molecule has 3 rings (SSSR count). The van der Waals surface area contributed by atoms with E-state index >= 15 is 0 Å². The van der Waals surface area contributed by atoms with Gasteiger partial charge in [0.05, 0.1) is 22.0 Å². The van der Waals surface area contributed by atoms with Crippen molar-refractivity contribution in [2.45, 2.75) is 45.3 Å². The largest absolute Gasteiger partial charge is 0.352 e. The van der Waals surface area contributed by atoms with Crippen molar-refractivity contribution >= 4 is 50.7 Å². The molecular formula is C29H32Cl2FN3O4S. The summed E-state index contributed by atoms with van der Waals surface area (Å²) in [5.74, 6) is -1.69. The number of hydrogen-bond acceptors (Lipinski definition) is 4. The number of rotatable bonds is 12. The van der Waals surface area contributed by atoms with Gasteiger partial charge in [-0.1, -0.05) is 72.6 Å². The van der Waals surface area contributed by atoms with E-state index in [1.807, 2.05) is 44.2 Å². The van der Waals surface area contributed by atoms with Crippen molar-refractivity contribution in [3.05, 3.63) is 99.8 Å². The number of carbonyl (C=O) groups is 2. The number of sulfonamides is 1. The van der Waals surface area contributed by atoms with Crippen molar-refractivity contribution in [1.29, 1.82) is 0 Å². The molecule has 7 nitrogen and oxygen atoms in total. The first kappa shape index (κ1) is 31.4. The van der Waals surface area contributed by atoms with Crippen molar-refractivity contribution in [3.8, 4) is 0 Å². The molecular weight excluding hydrogens is 576 g/mol. The summed E-state index contributed by atoms with van der Waals surface area (Å²) in [7, 11) is -4.00. The minimum atomic E-state index is -4.00. The van der Waals surface area contributed by atoms with E-state index in [1.54, 1.807) is 18.2 Å². The molecule has 0 saturated carbocycles. The number of hydrogen-bond donors (Lipinski definition) is 1. The number of nitrogens with zero attached hydrogens (tertiary/aromatic N) is 2. The van der Waals surface area contributed by atoms with Crippen LogP contribution >= 0.6 is 23.2 Å². The number of nitrogens with one attached hydrogen (secondary N) is 1. The molecule has 0 radical (unpaired) electrons. The fourth-order valence-electron chi connectivity index (χ4n) is 4.07. The van der Waals surface area contributed by atoms with Crippen molar-refractivity contribution in [2.24, 2.45) is 0 Å². The lowest BCUT2D eigenvalue weighted by Crippen LogP contribution is -2.54. The van der Waals surface area contributed by atoms with Crippen LogP contribution in [-0.2, 0) is 32.6 Å². The maximum atomic E-state index is 14.0. The third kappa shape index (κ3) is 8.68. The van der Waals surface area contributed by atoms with E-state index in [4.69, 9.17) is 23.2 Å². The molecule has 214 valence electrons. The minimum absolute atomic E-state index is 0.00555. The molecule has 3 aromatic carbocycles. The molecule has 0 aliphatic carbocycles. The molecule has 0 aromatic heterocycles. The predicted molar refractivity (Wildman–Crippen MR) is 157 cm³/mol. The molecule has 0 aliphatic heterocycles. The lowest BCUT2D eigenvalue weighted by Gasteiger charge is -2.34. The fourth-order valence-corrected chi connectivity index (χ4v) is 5.24. The Hall–Kier alpha value is -3.14. The first-order valence-electron chi connectivity index (χ1n) is 12.7. The first-order valence-corrected chi connectivity index (χ1v) is 15.3. The van der Waals surface area contributed by atoms with Crippen LogP contribution in [0.15, 0.2) is 72.8 Å². The number of carbonyl (C=O) groups excluding carboxylic acids is 2. The van der Waals surface area contributed by atoms with Crippen LogP contribution in [0.5, 0.6) is 0 Å². The van der Waals surface area contributed by atoms with Gasteiger partial charge in [-0.25, -0.2) is 12.8 Å². The summed E-state index contributed by atoms with van der Waals surface area (Å²) in [6.45, 7) is 3.09. The normalized spacial score (nSPS) is 12.8. The summed E-state index contributed by atoms with van der Waals surface area (Å²) >= 11 is 12.3. The smallest absolute Gasteiger partial charge is 0.244 e. The van der Waals surface area contributed by atoms with Gasteiger partial charge >= 0.3 is 0 Å². The number of anilines is 1. The maximum absolute atomic E-state index is 14.0. The molecule has 3 aromatic rings. The van der Waals surface area contributed by atoms with E-state index < -0.39 is 34.3 Å². The summed E-state index contributed by atoms with van der Waals surface area (Å²) < 4.78 is 40.3. The van der Waals surface area contributed by atoms with Gasteiger partial charge in [-0.05, 0) is 54.8 Å². The number of amides is 2. The van der Waals surface area contributed by atoms with Crippen LogP contribution in [-0.4, -0.2) is 50.0 Å². The van der Waals surface area contributed by atoms with Crippen molar-refractivity contribution in [2.75, 3.05) is 17.1 Å². The molecule has 40 heavy (non-hydrogen) atoms. The van der Waals surface area contributed by atoms with Crippen LogP contribution in [0.2, 0.25) is 10.0 Å². The third-order valence-corrected chi connectivity index (χ3v) is 8.26. The average Bonchev–Trinajstić information content (AvgIpc) is 2.90. The summed E-state index contributed by atoms with van der Waals surface area (Å²) in [4.78, 5) is 29.0. The summed E-state index contributed by atoms with van der Waals surface area (Å²) in [5, 5.41) is 3.55. The van der Waals surface area contributed by atoms with Crippen LogP contribution in [0.25, 0.3) is 0 Å². The molecule has 0 bridgehead atoms. The lowest BCUT2D eigenvalue weighted by molar-refractivity contribution is -0.140. The molecule has 0 heterocycles. The zero-order chi connectivity index (χ0) is 29.4. The SMILES string of the molecule is CC[C@H](C)NC(=O)[C@@H](Cc1ccccc1)N(Cc1ccc(Cl)c(Cl)c1)C(=O)CN(c1cccc(F)c1)S(C)(=O)=O. The quantitative estimate of drug-likeness (QED) is 0.296. The molecule has 0 unspecified atom stereocenters. The van der Waals surface area contributed by atoms with E-state index in [2.05, 4.69) is 5.32 Å². The Morgan fingerprint density at radius 2 is 1.65 bits per heavy atom. The van der Waals surface area contributed by atoms with Gasteiger partial charge in [-0.3, -0.25) is 13.9 Å². The van der Waals surface area contributed by atoms with Crippen LogP contribution in [0, 0.1) is 5.82 Å². The zero-order valence-electron chi connectivity index (χ0n) is 22.5. The molecule has 2 atom stereocenters. The second-order valence-electron chi connectivity index (χ2n) is 9.54. The maximum Gasteiger partial charge on any atom is 0.244 e. The Labute approximate surface area is 244 Å². The topological polar surface area (TPSA) is 86.8 Å². The molecule has 0 fully saturated rings. The Morgan fingerprint density at radius 1 is 0.950 bits per heavy atom. The van der Waals surface area contributed by atoms with Crippen LogP contribution < -0.4 is 9.62 Å². The molecule has 2 amide bonds. The minimum Gasteiger partial charge on any atom is -0.352 e. The predicted octanol–water partition coefficient (Wildman–Crippen LogP) is 5.45. The molecule has 1 N–H and O–H groups in total. The van der Waals surface area contributed by atoms with Gasteiger partial charge in [0.15, 0.2) is 0 Å². The van der Waals surface area contributed by atoms with Crippen molar-refractivity contribution in [3.63, 3.8) is 0 Å². The Morgan fingerprint density at radius 3 is 2.25 bits per heavy atom. The van der Waals surface area contributed by atoms with Crippen LogP contribution in [0.4, 0.5) is 10.1 Å². The van der Waals surface area contributed by atoms with Gasteiger partial charge in [-0.2, -0.15) is 0 Å². The van der Waals surface area contributed by atoms with Crippen molar-refractivity contribution < 1.29 is 22.4 Å². The summed E-state index contributed by atoms with van der Waals surface area (Å²) in [6, 6.07) is 17.9. The van der Waals surface area contributed by atoms with E-state index in [9.17, 15) is 22.4 Å². The highest BCUT2D eigenvalue weighted by Crippen LogP contribution is 2.25. The van der Waals surface area contributed by atoms with Crippen LogP contribution in [0.1, 0.15) is 31.4 Å². The zero-order valence-corrected chi connectivity index (χ0v) is 24.8. The van der Waals surface area contributed by atoms with Gasteiger partial charge in [0.1, 0.15) is 18.4 Å². The first-order chi connectivity index (χ1) is 18.9. The highest BCUT2D eigenvalue weighted by Gasteiger charge is 2.33. The van der Waals surface area contributed by atoms with Crippen molar-refractivity contribution in [1.82, 2.24) is 10.2 Å². The molecule has 0 aliphatic rings. The van der Waals surface area contributed by atoms with E-state index in [1.165, 1.54) is 23.1 Å². The lowest BCUT2D eigenvalue weighted by atomic mass is 10.0. The monoisotopic (exact) mass is 607 g/mol. The highest BCUT2D eigenvalue weighted by molar-refractivity contribution is 7.92. The van der Waals surface area contributed by atoms with Crippen LogP contribution in [0.3, 0.4) is 0 Å². The Kier molecular flexibility index (Phi) is 11.0. The van der Waals surface area contributed by atoms with E-state index in [-0.39, 0.29) is 35.6 Å². The highest BCUT2D eigenvalue weighted by atomic mass is 35.5. The van der Waals surface area contributed by atoms with Gasteiger partial charge in [0.25, 0.3) is 0 Å². The molecule has 0 spiro atoms. The summed E-state index contributed by atoms with van der Waals surface area (Å²) in [5.41, 5.74) is 1.40. The Bertz CT molecular complexity index is 1440. The second kappa shape index (κ2) is 14.0. The second-order valence-corrected chi connectivity index (χ2v) is 12.3. The fraction of sp³-hybridized carbons (Fsp3) is 0.310. The summed E-state index contributed by atoms with van der Waals surface area (Å²) in [6.07, 6.45) is 1.78. The number of benzene rings is 3. The van der Waals surface area contributed by atoms with Gasteiger partial charge in [0, 0.05) is 19.0 Å². The van der Waals surface area contributed by atoms with E-state index in [0.29, 0.717) is 17.0 Å².